The van der Waals surface area contributed by atoms with Crippen LogP contribution in [-0.2, 0) is 5.41 Å². The maximum atomic E-state index is 6.57. The van der Waals surface area contributed by atoms with Gasteiger partial charge in [0.1, 0.15) is 0 Å². The van der Waals surface area contributed by atoms with Gasteiger partial charge in [0.25, 0.3) is 0 Å². The lowest BCUT2D eigenvalue weighted by Gasteiger charge is -2.47. The van der Waals surface area contributed by atoms with Crippen molar-refractivity contribution < 1.29 is 4.74 Å². The normalized spacial score (nSPS) is 14.3. The Balaban J connectivity index is 1.42. The summed E-state index contributed by atoms with van der Waals surface area (Å²) < 4.78 is 6.57. The molecule has 0 atom stereocenters. The van der Waals surface area contributed by atoms with Crippen molar-refractivity contribution in [1.29, 1.82) is 0 Å². The Morgan fingerprint density at radius 2 is 1.12 bits per heavy atom. The lowest BCUT2D eigenvalue weighted by atomic mass is 9.64. The maximum absolute atomic E-state index is 6.57. The van der Waals surface area contributed by atoms with E-state index in [4.69, 9.17) is 4.74 Å². The molecule has 0 aromatic heterocycles. The van der Waals surface area contributed by atoms with E-state index in [9.17, 15) is 0 Å². The van der Waals surface area contributed by atoms with Crippen molar-refractivity contribution >= 4 is 28.4 Å². The van der Waals surface area contributed by atoms with E-state index in [2.05, 4.69) is 138 Å². The molecule has 0 radical (unpaired) electrons. The number of hydrogen-bond acceptors (Lipinski definition) is 3. The quantitative estimate of drug-likeness (QED) is 0.249. The fourth-order valence-electron chi connectivity index (χ4n) is 7.11. The first-order chi connectivity index (χ1) is 19.8. The van der Waals surface area contributed by atoms with E-state index in [0.29, 0.717) is 0 Å². The van der Waals surface area contributed by atoms with Crippen LogP contribution >= 0.6 is 0 Å². The van der Waals surface area contributed by atoms with Crippen molar-refractivity contribution in [3.05, 3.63) is 162 Å². The highest BCUT2D eigenvalue weighted by molar-refractivity contribution is 5.99. The Kier molecular flexibility index (Phi) is 4.26. The molecule has 1 N–H and O–H groups in total. The van der Waals surface area contributed by atoms with Crippen LogP contribution in [0.3, 0.4) is 0 Å². The van der Waals surface area contributed by atoms with Crippen LogP contribution in [0.4, 0.5) is 28.4 Å². The smallest absolute Gasteiger partial charge is 0.151 e. The number of nitrogens with zero attached hydrogens (tertiary/aromatic N) is 1. The third-order valence-corrected chi connectivity index (χ3v) is 8.61. The summed E-state index contributed by atoms with van der Waals surface area (Å²) in [6.07, 6.45) is 0. The molecule has 0 unspecified atom stereocenters. The van der Waals surface area contributed by atoms with Crippen LogP contribution in [0.15, 0.2) is 140 Å². The van der Waals surface area contributed by atoms with Gasteiger partial charge in [0, 0.05) is 11.4 Å². The monoisotopic (exact) mass is 512 g/mol. The van der Waals surface area contributed by atoms with Crippen molar-refractivity contribution in [3.63, 3.8) is 0 Å². The summed E-state index contributed by atoms with van der Waals surface area (Å²) in [7, 11) is 0. The average molecular weight is 513 g/mol. The molecule has 6 aromatic carbocycles. The highest BCUT2D eigenvalue weighted by Crippen LogP contribution is 2.66. The molecule has 0 amide bonds. The maximum Gasteiger partial charge on any atom is 0.151 e. The van der Waals surface area contributed by atoms with Gasteiger partial charge in [0.15, 0.2) is 11.5 Å². The molecule has 6 aromatic rings. The van der Waals surface area contributed by atoms with Crippen LogP contribution in [0.5, 0.6) is 11.5 Å². The Hall–Kier alpha value is -5.28. The van der Waals surface area contributed by atoms with Crippen LogP contribution in [0.25, 0.3) is 11.1 Å². The molecule has 40 heavy (non-hydrogen) atoms. The van der Waals surface area contributed by atoms with Gasteiger partial charge in [-0.1, -0.05) is 91.0 Å². The van der Waals surface area contributed by atoms with Gasteiger partial charge in [-0.05, 0) is 81.9 Å². The zero-order chi connectivity index (χ0) is 26.3. The van der Waals surface area contributed by atoms with E-state index in [-0.39, 0.29) is 0 Å². The average Bonchev–Trinajstić information content (AvgIpc) is 3.31. The van der Waals surface area contributed by atoms with Gasteiger partial charge in [0.2, 0.25) is 0 Å². The van der Waals surface area contributed by atoms with E-state index in [0.717, 1.165) is 34.2 Å². The van der Waals surface area contributed by atoms with Crippen LogP contribution in [0.2, 0.25) is 0 Å². The van der Waals surface area contributed by atoms with E-state index in [1.807, 2.05) is 12.1 Å². The minimum atomic E-state index is -0.492. The first-order valence-electron chi connectivity index (χ1n) is 13.7. The standard InChI is InChI=1S/C37H24N2O/c1-2-11-24(12-3-1)38-25-21-22-32-31(23-25)37(28-15-6-4-13-26(28)27-14-5-7-16-29(27)37)30-17-10-20-35-36(30)39(32)33-18-8-9-19-34(33)40-35/h1-23,38H. The molecule has 0 saturated carbocycles. The molecule has 3 heteroatoms. The highest BCUT2D eigenvalue weighted by Gasteiger charge is 2.53. The number of benzene rings is 6. The summed E-state index contributed by atoms with van der Waals surface area (Å²) in [6, 6.07) is 49.9. The number of ether oxygens (including phenoxy) is 1. The van der Waals surface area contributed by atoms with E-state index in [1.165, 1.54) is 39.1 Å². The lowest BCUT2D eigenvalue weighted by molar-refractivity contribution is 0.473. The molecular weight excluding hydrogens is 488 g/mol. The van der Waals surface area contributed by atoms with Crippen LogP contribution in [0.1, 0.15) is 22.3 Å². The first kappa shape index (κ1) is 21.6. The topological polar surface area (TPSA) is 24.5 Å². The molecule has 2 heterocycles. The van der Waals surface area contributed by atoms with Gasteiger partial charge in [-0.3, -0.25) is 0 Å². The SMILES string of the molecule is c1ccc(Nc2ccc3c(c2)C2(c4ccccc4-c4ccccc42)c2cccc4c2N3c2ccccc2O4)cc1. The zero-order valence-electron chi connectivity index (χ0n) is 21.6. The van der Waals surface area contributed by atoms with Crippen molar-refractivity contribution in [2.24, 2.45) is 0 Å². The Morgan fingerprint density at radius 1 is 0.475 bits per heavy atom. The summed E-state index contributed by atoms with van der Waals surface area (Å²) >= 11 is 0. The van der Waals surface area contributed by atoms with E-state index >= 15 is 0 Å². The van der Waals surface area contributed by atoms with Gasteiger partial charge < -0.3 is 15.0 Å². The molecule has 0 saturated heterocycles. The minimum absolute atomic E-state index is 0.492. The summed E-state index contributed by atoms with van der Waals surface area (Å²) in [5, 5.41) is 3.67. The molecular formula is C37H24N2O. The second kappa shape index (κ2) is 7.87. The van der Waals surface area contributed by atoms with Gasteiger partial charge >= 0.3 is 0 Å². The van der Waals surface area contributed by atoms with E-state index in [1.54, 1.807) is 0 Å². The Bertz CT molecular complexity index is 1930. The van der Waals surface area contributed by atoms with Crippen molar-refractivity contribution in [2.45, 2.75) is 5.41 Å². The fraction of sp³-hybridized carbons (Fsp3) is 0.0270. The minimum Gasteiger partial charge on any atom is -0.453 e. The number of fused-ring (bicyclic) bond motifs is 11. The summed E-state index contributed by atoms with van der Waals surface area (Å²) in [5.41, 5.74) is 12.7. The number of para-hydroxylation sites is 4. The summed E-state index contributed by atoms with van der Waals surface area (Å²) in [6.45, 7) is 0. The molecule has 1 aliphatic carbocycles. The number of anilines is 5. The molecule has 3 nitrogen and oxygen atoms in total. The fourth-order valence-corrected chi connectivity index (χ4v) is 7.11. The molecule has 1 spiro atoms. The summed E-state index contributed by atoms with van der Waals surface area (Å²) in [5.74, 6) is 1.75. The van der Waals surface area contributed by atoms with Gasteiger partial charge in [-0.15, -0.1) is 0 Å². The third-order valence-electron chi connectivity index (χ3n) is 8.61. The zero-order valence-corrected chi connectivity index (χ0v) is 21.6. The molecule has 3 aliphatic rings. The highest BCUT2D eigenvalue weighted by atomic mass is 16.5. The number of nitrogens with one attached hydrogen (secondary N) is 1. The second-order valence-electron chi connectivity index (χ2n) is 10.6. The molecule has 188 valence electrons. The van der Waals surface area contributed by atoms with Gasteiger partial charge in [0.05, 0.1) is 22.5 Å². The molecule has 0 bridgehead atoms. The lowest BCUT2D eigenvalue weighted by Crippen LogP contribution is -2.37. The molecule has 9 rings (SSSR count). The van der Waals surface area contributed by atoms with Gasteiger partial charge in [-0.25, -0.2) is 0 Å². The first-order valence-corrected chi connectivity index (χ1v) is 13.7. The third kappa shape index (κ3) is 2.69. The van der Waals surface area contributed by atoms with Crippen molar-refractivity contribution in [1.82, 2.24) is 0 Å². The number of hydrogen-bond donors (Lipinski definition) is 1. The second-order valence-corrected chi connectivity index (χ2v) is 10.6. The van der Waals surface area contributed by atoms with Crippen molar-refractivity contribution in [2.75, 3.05) is 10.2 Å². The largest absolute Gasteiger partial charge is 0.453 e. The number of rotatable bonds is 2. The summed E-state index contributed by atoms with van der Waals surface area (Å²) in [4.78, 5) is 2.40. The molecule has 2 aliphatic heterocycles. The predicted molar refractivity (Wildman–Crippen MR) is 162 cm³/mol. The van der Waals surface area contributed by atoms with Gasteiger partial charge in [-0.2, -0.15) is 0 Å². The van der Waals surface area contributed by atoms with Crippen LogP contribution in [0, 0.1) is 0 Å². The Morgan fingerprint density at radius 3 is 1.93 bits per heavy atom. The molecule has 0 fully saturated rings. The van der Waals surface area contributed by atoms with Crippen LogP contribution in [-0.4, -0.2) is 0 Å². The Labute approximate surface area is 232 Å². The van der Waals surface area contributed by atoms with Crippen LogP contribution < -0.4 is 15.0 Å². The van der Waals surface area contributed by atoms with E-state index < -0.39 is 5.41 Å². The predicted octanol–water partition coefficient (Wildman–Crippen LogP) is 9.68. The van der Waals surface area contributed by atoms with Crippen molar-refractivity contribution in [3.8, 4) is 22.6 Å².